The second kappa shape index (κ2) is 10.7. The molecule has 2 aromatic rings. The number of rotatable bonds is 9. The highest BCUT2D eigenvalue weighted by Gasteiger charge is 2.27. The minimum absolute atomic E-state index is 0.0444. The number of carbonyl (C=O) groups is 2. The van der Waals surface area contributed by atoms with Crippen LogP contribution in [0.3, 0.4) is 0 Å². The van der Waals surface area contributed by atoms with Crippen LogP contribution < -0.4 is 10.1 Å². The van der Waals surface area contributed by atoms with E-state index < -0.39 is 6.04 Å². The molecule has 0 bridgehead atoms. The number of halogens is 1. The number of hydrogen-bond donors (Lipinski definition) is 1. The minimum Gasteiger partial charge on any atom is -0.484 e. The molecule has 0 saturated heterocycles. The Morgan fingerprint density at radius 2 is 1.71 bits per heavy atom. The summed E-state index contributed by atoms with van der Waals surface area (Å²) in [6, 6.07) is 15.8. The molecule has 0 aliphatic heterocycles. The van der Waals surface area contributed by atoms with Gasteiger partial charge in [-0.05, 0) is 50.1 Å². The number of nitrogens with zero attached hydrogens (tertiary/aromatic N) is 1. The van der Waals surface area contributed by atoms with Crippen LogP contribution >= 0.6 is 11.6 Å². The monoisotopic (exact) mass is 402 g/mol. The van der Waals surface area contributed by atoms with Crippen molar-refractivity contribution < 1.29 is 14.3 Å². The van der Waals surface area contributed by atoms with Crippen LogP contribution in [0.4, 0.5) is 0 Å². The lowest BCUT2D eigenvalue weighted by Crippen LogP contribution is -2.50. The summed E-state index contributed by atoms with van der Waals surface area (Å²) in [6.45, 7) is 5.82. The van der Waals surface area contributed by atoms with E-state index in [0.29, 0.717) is 17.3 Å². The van der Waals surface area contributed by atoms with Crippen molar-refractivity contribution in [3.63, 3.8) is 0 Å². The molecular weight excluding hydrogens is 376 g/mol. The van der Waals surface area contributed by atoms with E-state index in [0.717, 1.165) is 12.0 Å². The summed E-state index contributed by atoms with van der Waals surface area (Å²) < 4.78 is 5.59. The summed E-state index contributed by atoms with van der Waals surface area (Å²) in [6.07, 6.45) is 0.820. The Hall–Kier alpha value is -2.53. The zero-order valence-corrected chi connectivity index (χ0v) is 17.3. The van der Waals surface area contributed by atoms with Gasteiger partial charge in [0.2, 0.25) is 5.91 Å². The lowest BCUT2D eigenvalue weighted by Gasteiger charge is -2.29. The fourth-order valence-electron chi connectivity index (χ4n) is 2.58. The molecule has 28 heavy (non-hydrogen) atoms. The molecule has 0 aliphatic carbocycles. The molecule has 2 aromatic carbocycles. The average molecular weight is 403 g/mol. The summed E-state index contributed by atoms with van der Waals surface area (Å²) in [4.78, 5) is 27.0. The Morgan fingerprint density at radius 1 is 1.07 bits per heavy atom. The SMILES string of the molecule is CC[C@@H](C)NC(=O)[C@@H](C)N(Cc1ccc(Cl)cc1)C(=O)COc1ccccc1. The topological polar surface area (TPSA) is 58.6 Å². The molecule has 0 spiro atoms. The number of ether oxygens (including phenoxy) is 1. The van der Waals surface area contributed by atoms with Crippen molar-refractivity contribution in [2.24, 2.45) is 0 Å². The molecule has 0 fully saturated rings. The van der Waals surface area contributed by atoms with Crippen LogP contribution in [0.5, 0.6) is 5.75 Å². The molecule has 2 amide bonds. The third kappa shape index (κ3) is 6.57. The predicted octanol–water partition coefficient (Wildman–Crippen LogP) is 4.05. The van der Waals surface area contributed by atoms with Crippen LogP contribution in [-0.2, 0) is 16.1 Å². The molecule has 0 unspecified atom stereocenters. The van der Waals surface area contributed by atoms with Crippen LogP contribution in [0, 0.1) is 0 Å². The average Bonchev–Trinajstić information content (AvgIpc) is 2.71. The van der Waals surface area contributed by atoms with Gasteiger partial charge in [-0.15, -0.1) is 0 Å². The van der Waals surface area contributed by atoms with Gasteiger partial charge in [-0.25, -0.2) is 0 Å². The van der Waals surface area contributed by atoms with Gasteiger partial charge in [0.25, 0.3) is 5.91 Å². The molecule has 0 aliphatic rings. The fraction of sp³-hybridized carbons (Fsp3) is 0.364. The Balaban J connectivity index is 2.12. The van der Waals surface area contributed by atoms with Crippen LogP contribution in [0.25, 0.3) is 0 Å². The Kier molecular flexibility index (Phi) is 8.33. The number of para-hydroxylation sites is 1. The van der Waals surface area contributed by atoms with Crippen LogP contribution in [0.2, 0.25) is 5.02 Å². The van der Waals surface area contributed by atoms with Gasteiger partial charge >= 0.3 is 0 Å². The van der Waals surface area contributed by atoms with Gasteiger partial charge in [0.05, 0.1) is 0 Å². The molecule has 150 valence electrons. The van der Waals surface area contributed by atoms with Gasteiger partial charge in [-0.1, -0.05) is 48.9 Å². The van der Waals surface area contributed by atoms with E-state index in [1.165, 1.54) is 4.90 Å². The van der Waals surface area contributed by atoms with E-state index in [9.17, 15) is 9.59 Å². The first-order chi connectivity index (χ1) is 13.4. The molecule has 0 heterocycles. The number of amides is 2. The van der Waals surface area contributed by atoms with Crippen LogP contribution in [0.1, 0.15) is 32.8 Å². The summed E-state index contributed by atoms with van der Waals surface area (Å²) in [7, 11) is 0. The van der Waals surface area contributed by atoms with E-state index in [-0.39, 0.29) is 24.5 Å². The van der Waals surface area contributed by atoms with Gasteiger partial charge in [-0.3, -0.25) is 9.59 Å². The summed E-state index contributed by atoms with van der Waals surface area (Å²) in [5, 5.41) is 3.56. The third-order valence-corrected chi connectivity index (χ3v) is 4.79. The quantitative estimate of drug-likeness (QED) is 0.688. The number of nitrogens with one attached hydrogen (secondary N) is 1. The molecule has 2 atom stereocenters. The van der Waals surface area contributed by atoms with Crippen molar-refractivity contribution in [2.75, 3.05) is 6.61 Å². The maximum atomic E-state index is 12.9. The molecule has 6 heteroatoms. The Labute approximate surface area is 171 Å². The van der Waals surface area contributed by atoms with Crippen LogP contribution in [-0.4, -0.2) is 35.4 Å². The molecule has 0 aromatic heterocycles. The molecule has 0 radical (unpaired) electrons. The van der Waals surface area contributed by atoms with Crippen LogP contribution in [0.15, 0.2) is 54.6 Å². The molecule has 5 nitrogen and oxygen atoms in total. The lowest BCUT2D eigenvalue weighted by atomic mass is 10.1. The first-order valence-electron chi connectivity index (χ1n) is 9.42. The van der Waals surface area contributed by atoms with Gasteiger partial charge in [-0.2, -0.15) is 0 Å². The van der Waals surface area contributed by atoms with Crippen molar-refractivity contribution in [2.45, 2.75) is 45.8 Å². The fourth-order valence-corrected chi connectivity index (χ4v) is 2.71. The highest BCUT2D eigenvalue weighted by molar-refractivity contribution is 6.30. The number of benzene rings is 2. The van der Waals surface area contributed by atoms with E-state index in [4.69, 9.17) is 16.3 Å². The minimum atomic E-state index is -0.628. The first-order valence-corrected chi connectivity index (χ1v) is 9.80. The normalized spacial score (nSPS) is 12.7. The lowest BCUT2D eigenvalue weighted by molar-refractivity contribution is -0.142. The number of hydrogen-bond acceptors (Lipinski definition) is 3. The molecule has 2 rings (SSSR count). The standard InChI is InChI=1S/C22H27ClN2O3/c1-4-16(2)24-22(27)17(3)25(14-18-10-12-19(23)13-11-18)21(26)15-28-20-8-6-5-7-9-20/h5-13,16-17H,4,14-15H2,1-3H3,(H,24,27)/t16-,17-/m1/s1. The summed E-state index contributed by atoms with van der Waals surface area (Å²) in [5.41, 5.74) is 0.889. The second-order valence-corrected chi connectivity index (χ2v) is 7.18. The Morgan fingerprint density at radius 3 is 2.32 bits per heavy atom. The third-order valence-electron chi connectivity index (χ3n) is 4.54. The zero-order chi connectivity index (χ0) is 20.5. The van der Waals surface area contributed by atoms with E-state index in [1.807, 2.05) is 44.2 Å². The largest absolute Gasteiger partial charge is 0.484 e. The maximum Gasteiger partial charge on any atom is 0.261 e. The smallest absolute Gasteiger partial charge is 0.261 e. The zero-order valence-electron chi connectivity index (χ0n) is 16.5. The van der Waals surface area contributed by atoms with E-state index in [2.05, 4.69) is 5.32 Å². The highest BCUT2D eigenvalue weighted by atomic mass is 35.5. The summed E-state index contributed by atoms with van der Waals surface area (Å²) in [5.74, 6) is 0.168. The van der Waals surface area contributed by atoms with Crippen molar-refractivity contribution >= 4 is 23.4 Å². The van der Waals surface area contributed by atoms with E-state index >= 15 is 0 Å². The first kappa shape index (κ1) is 21.8. The number of carbonyl (C=O) groups excluding carboxylic acids is 2. The van der Waals surface area contributed by atoms with Crippen molar-refractivity contribution in [1.82, 2.24) is 10.2 Å². The van der Waals surface area contributed by atoms with Crippen molar-refractivity contribution in [1.29, 1.82) is 0 Å². The maximum absolute atomic E-state index is 12.9. The highest BCUT2D eigenvalue weighted by Crippen LogP contribution is 2.15. The predicted molar refractivity (Wildman–Crippen MR) is 111 cm³/mol. The summed E-state index contributed by atoms with van der Waals surface area (Å²) >= 11 is 5.95. The van der Waals surface area contributed by atoms with Gasteiger partial charge < -0.3 is 15.0 Å². The van der Waals surface area contributed by atoms with Gasteiger partial charge in [0.15, 0.2) is 6.61 Å². The Bertz CT molecular complexity index is 765. The van der Waals surface area contributed by atoms with Crippen molar-refractivity contribution in [3.8, 4) is 5.75 Å². The second-order valence-electron chi connectivity index (χ2n) is 6.74. The molecule has 0 saturated carbocycles. The van der Waals surface area contributed by atoms with Gasteiger partial charge in [0.1, 0.15) is 11.8 Å². The van der Waals surface area contributed by atoms with E-state index in [1.54, 1.807) is 31.2 Å². The molecular formula is C22H27ClN2O3. The van der Waals surface area contributed by atoms with Crippen molar-refractivity contribution in [3.05, 3.63) is 65.2 Å². The van der Waals surface area contributed by atoms with Gasteiger partial charge in [0, 0.05) is 17.6 Å². The molecule has 1 N–H and O–H groups in total.